The van der Waals surface area contributed by atoms with Crippen LogP contribution < -0.4 is 5.73 Å². The lowest BCUT2D eigenvalue weighted by Crippen LogP contribution is -2.13. The fraction of sp³-hybridized carbons (Fsp3) is 0. The van der Waals surface area contributed by atoms with Crippen molar-refractivity contribution in [2.75, 3.05) is 0 Å². The number of carbonyl (C=O) groups excluding carboxylic acids is 1. The van der Waals surface area contributed by atoms with Gasteiger partial charge in [-0.3, -0.25) is 4.79 Å². The minimum Gasteiger partial charge on any atom is -0.366 e. The van der Waals surface area contributed by atoms with Gasteiger partial charge in [-0.1, -0.05) is 29.3 Å². The maximum absolute atomic E-state index is 13.3. The van der Waals surface area contributed by atoms with Crippen LogP contribution >= 0.6 is 23.2 Å². The van der Waals surface area contributed by atoms with E-state index in [0.29, 0.717) is 21.2 Å². The first kappa shape index (κ1) is 12.9. The molecule has 0 atom stereocenters. The van der Waals surface area contributed by atoms with Gasteiger partial charge < -0.3 is 5.73 Å². The van der Waals surface area contributed by atoms with Crippen LogP contribution in [0.1, 0.15) is 10.4 Å². The monoisotopic (exact) mass is 283 g/mol. The van der Waals surface area contributed by atoms with Crippen LogP contribution in [0, 0.1) is 5.82 Å². The molecular formula is C13H8Cl2FNO. The standard InChI is InChI=1S/C13H8Cl2FNO/c14-9-3-8(4-10(15)6-9)7-1-2-12(16)11(5-7)13(17)18/h1-6H,(H2,17,18). The molecule has 0 radical (unpaired) electrons. The predicted octanol–water partition coefficient (Wildman–Crippen LogP) is 3.90. The summed E-state index contributed by atoms with van der Waals surface area (Å²) in [5, 5.41) is 0.921. The van der Waals surface area contributed by atoms with Crippen molar-refractivity contribution in [3.05, 3.63) is 57.8 Å². The molecule has 2 rings (SSSR count). The van der Waals surface area contributed by atoms with E-state index in [4.69, 9.17) is 28.9 Å². The Morgan fingerprint density at radius 3 is 2.17 bits per heavy atom. The summed E-state index contributed by atoms with van der Waals surface area (Å²) in [7, 11) is 0. The maximum atomic E-state index is 13.3. The minimum atomic E-state index is -0.817. The van der Waals surface area contributed by atoms with Gasteiger partial charge >= 0.3 is 0 Å². The van der Waals surface area contributed by atoms with Gasteiger partial charge in [-0.15, -0.1) is 0 Å². The molecule has 0 saturated carbocycles. The van der Waals surface area contributed by atoms with Crippen LogP contribution in [0.15, 0.2) is 36.4 Å². The van der Waals surface area contributed by atoms with E-state index in [9.17, 15) is 9.18 Å². The first-order chi connectivity index (χ1) is 8.47. The average Bonchev–Trinajstić information content (AvgIpc) is 2.27. The third-order valence-corrected chi connectivity index (χ3v) is 2.86. The number of primary amides is 1. The van der Waals surface area contributed by atoms with Crippen molar-refractivity contribution in [3.63, 3.8) is 0 Å². The molecule has 0 heterocycles. The topological polar surface area (TPSA) is 43.1 Å². The summed E-state index contributed by atoms with van der Waals surface area (Å²) in [5.74, 6) is -1.47. The third kappa shape index (κ3) is 2.63. The molecule has 0 spiro atoms. The van der Waals surface area contributed by atoms with Crippen LogP contribution in [0.25, 0.3) is 11.1 Å². The van der Waals surface area contributed by atoms with E-state index in [1.54, 1.807) is 18.2 Å². The van der Waals surface area contributed by atoms with Gasteiger partial charge in [-0.25, -0.2) is 4.39 Å². The van der Waals surface area contributed by atoms with Crippen molar-refractivity contribution < 1.29 is 9.18 Å². The highest BCUT2D eigenvalue weighted by Gasteiger charge is 2.10. The summed E-state index contributed by atoms with van der Waals surface area (Å²) in [4.78, 5) is 11.1. The molecule has 0 unspecified atom stereocenters. The zero-order valence-corrected chi connectivity index (χ0v) is 10.6. The SMILES string of the molecule is NC(=O)c1cc(-c2cc(Cl)cc(Cl)c2)ccc1F. The van der Waals surface area contributed by atoms with Crippen molar-refractivity contribution in [2.24, 2.45) is 5.73 Å². The highest BCUT2D eigenvalue weighted by molar-refractivity contribution is 6.35. The molecule has 1 amide bonds. The van der Waals surface area contributed by atoms with E-state index in [-0.39, 0.29) is 5.56 Å². The summed E-state index contributed by atoms with van der Waals surface area (Å²) < 4.78 is 13.3. The first-order valence-corrected chi connectivity index (χ1v) is 5.79. The molecule has 92 valence electrons. The molecule has 0 saturated heterocycles. The Morgan fingerprint density at radius 2 is 1.61 bits per heavy atom. The highest BCUT2D eigenvalue weighted by atomic mass is 35.5. The number of nitrogens with two attached hydrogens (primary N) is 1. The highest BCUT2D eigenvalue weighted by Crippen LogP contribution is 2.28. The van der Waals surface area contributed by atoms with Crippen LogP contribution in [0.5, 0.6) is 0 Å². The number of carbonyl (C=O) groups is 1. The van der Waals surface area contributed by atoms with Gasteiger partial charge in [-0.2, -0.15) is 0 Å². The second-order valence-electron chi connectivity index (χ2n) is 3.72. The summed E-state index contributed by atoms with van der Waals surface area (Å²) >= 11 is 11.8. The Balaban J connectivity index is 2.57. The molecule has 0 aliphatic rings. The minimum absolute atomic E-state index is 0.163. The van der Waals surface area contributed by atoms with Crippen molar-refractivity contribution >= 4 is 29.1 Å². The largest absolute Gasteiger partial charge is 0.366 e. The summed E-state index contributed by atoms with van der Waals surface area (Å²) in [6.45, 7) is 0. The summed E-state index contributed by atoms with van der Waals surface area (Å²) in [5.41, 5.74) is 6.24. The maximum Gasteiger partial charge on any atom is 0.251 e. The smallest absolute Gasteiger partial charge is 0.251 e. The average molecular weight is 284 g/mol. The zero-order chi connectivity index (χ0) is 13.3. The van der Waals surface area contributed by atoms with Gasteiger partial charge in [0.1, 0.15) is 5.82 Å². The van der Waals surface area contributed by atoms with Crippen LogP contribution in [0.3, 0.4) is 0 Å². The number of hydrogen-bond acceptors (Lipinski definition) is 1. The van der Waals surface area contributed by atoms with Crippen molar-refractivity contribution in [1.29, 1.82) is 0 Å². The van der Waals surface area contributed by atoms with E-state index in [1.165, 1.54) is 18.2 Å². The quantitative estimate of drug-likeness (QED) is 0.893. The second-order valence-corrected chi connectivity index (χ2v) is 4.59. The number of amides is 1. The third-order valence-electron chi connectivity index (χ3n) is 2.43. The van der Waals surface area contributed by atoms with Gasteiger partial charge in [0.15, 0.2) is 0 Å². The molecule has 5 heteroatoms. The Morgan fingerprint density at radius 1 is 1.00 bits per heavy atom. The number of benzene rings is 2. The van der Waals surface area contributed by atoms with Crippen LogP contribution in [-0.4, -0.2) is 5.91 Å². The van der Waals surface area contributed by atoms with Gasteiger partial charge in [0.25, 0.3) is 5.91 Å². The van der Waals surface area contributed by atoms with Crippen LogP contribution in [0.2, 0.25) is 10.0 Å². The fourth-order valence-corrected chi connectivity index (χ4v) is 2.14. The van der Waals surface area contributed by atoms with Gasteiger partial charge in [0.05, 0.1) is 5.56 Å². The Bertz CT molecular complexity index is 608. The number of halogens is 3. The zero-order valence-electron chi connectivity index (χ0n) is 9.08. The van der Waals surface area contributed by atoms with Crippen molar-refractivity contribution in [3.8, 4) is 11.1 Å². The molecule has 0 aliphatic heterocycles. The Labute approximate surface area is 113 Å². The molecule has 0 fully saturated rings. The van der Waals surface area contributed by atoms with Gasteiger partial charge in [-0.05, 0) is 41.5 Å². The van der Waals surface area contributed by atoms with E-state index >= 15 is 0 Å². The molecule has 0 bridgehead atoms. The van der Waals surface area contributed by atoms with E-state index in [1.807, 2.05) is 0 Å². The van der Waals surface area contributed by atoms with Crippen LogP contribution in [-0.2, 0) is 0 Å². The molecule has 2 aromatic carbocycles. The molecule has 2 N–H and O–H groups in total. The summed E-state index contributed by atoms with van der Waals surface area (Å²) in [6.07, 6.45) is 0. The lowest BCUT2D eigenvalue weighted by molar-refractivity contribution is 0.0996. The lowest BCUT2D eigenvalue weighted by atomic mass is 10.0. The van der Waals surface area contributed by atoms with Crippen molar-refractivity contribution in [2.45, 2.75) is 0 Å². The van der Waals surface area contributed by atoms with Gasteiger partial charge in [0.2, 0.25) is 0 Å². The first-order valence-electron chi connectivity index (χ1n) is 5.03. The lowest BCUT2D eigenvalue weighted by Gasteiger charge is -2.06. The van der Waals surface area contributed by atoms with E-state index in [2.05, 4.69) is 0 Å². The molecule has 0 aromatic heterocycles. The van der Waals surface area contributed by atoms with Gasteiger partial charge in [0, 0.05) is 10.0 Å². The molecule has 2 aromatic rings. The number of hydrogen-bond donors (Lipinski definition) is 1. The van der Waals surface area contributed by atoms with Crippen molar-refractivity contribution in [1.82, 2.24) is 0 Å². The Hall–Kier alpha value is -1.58. The normalized spacial score (nSPS) is 10.4. The number of rotatable bonds is 2. The van der Waals surface area contributed by atoms with Crippen LogP contribution in [0.4, 0.5) is 4.39 Å². The predicted molar refractivity (Wildman–Crippen MR) is 70.4 cm³/mol. The molecule has 0 aliphatic carbocycles. The van der Waals surface area contributed by atoms with E-state index < -0.39 is 11.7 Å². The molecule has 18 heavy (non-hydrogen) atoms. The van der Waals surface area contributed by atoms with E-state index in [0.717, 1.165) is 0 Å². The molecule has 2 nitrogen and oxygen atoms in total. The molecular weight excluding hydrogens is 276 g/mol. The summed E-state index contributed by atoms with van der Waals surface area (Å²) in [6, 6.07) is 9.02. The fourth-order valence-electron chi connectivity index (χ4n) is 1.61. The second kappa shape index (κ2) is 4.96. The Kier molecular flexibility index (Phi) is 3.55.